The van der Waals surface area contributed by atoms with Gasteiger partial charge in [0.05, 0.1) is 18.7 Å². The lowest BCUT2D eigenvalue weighted by Crippen LogP contribution is -2.24. The second kappa shape index (κ2) is 7.38. The highest BCUT2D eigenvalue weighted by Gasteiger charge is 2.18. The van der Waals surface area contributed by atoms with Crippen molar-refractivity contribution in [2.75, 3.05) is 6.54 Å². The number of aromatic nitrogens is 2. The van der Waals surface area contributed by atoms with E-state index in [0.717, 1.165) is 29.6 Å². The molecule has 0 fully saturated rings. The number of rotatable bonds is 6. The fourth-order valence-corrected chi connectivity index (χ4v) is 4.15. The summed E-state index contributed by atoms with van der Waals surface area (Å²) in [5.41, 5.74) is 3.67. The second-order valence-corrected chi connectivity index (χ2v) is 8.46. The summed E-state index contributed by atoms with van der Waals surface area (Å²) < 4.78 is 4.45. The lowest BCUT2D eigenvalue weighted by atomic mass is 10.0. The molecule has 20 heavy (non-hydrogen) atoms. The Morgan fingerprint density at radius 3 is 2.80 bits per heavy atom. The van der Waals surface area contributed by atoms with Crippen LogP contribution in [0.4, 0.5) is 0 Å². The monoisotopic (exact) mass is 467 g/mol. The summed E-state index contributed by atoms with van der Waals surface area (Å²) in [5.74, 6) is 0. The van der Waals surface area contributed by atoms with Gasteiger partial charge in [-0.2, -0.15) is 5.10 Å². The van der Waals surface area contributed by atoms with Crippen LogP contribution >= 0.6 is 49.9 Å². The van der Waals surface area contributed by atoms with Gasteiger partial charge < -0.3 is 5.32 Å². The second-order valence-electron chi connectivity index (χ2n) is 4.86. The first kappa shape index (κ1) is 16.5. The first-order valence-electron chi connectivity index (χ1n) is 6.68. The molecular formula is C14H19BrIN3S. The SMILES string of the molecule is CCCNC(Cc1c(Br)c(C)nn1C)c1csc(I)c1. The van der Waals surface area contributed by atoms with E-state index in [2.05, 4.69) is 67.3 Å². The van der Waals surface area contributed by atoms with Crippen LogP contribution in [0.1, 0.15) is 36.3 Å². The number of hydrogen-bond donors (Lipinski definition) is 1. The summed E-state index contributed by atoms with van der Waals surface area (Å²) >= 11 is 7.85. The summed E-state index contributed by atoms with van der Waals surface area (Å²) in [6.45, 7) is 5.27. The van der Waals surface area contributed by atoms with Crippen LogP contribution in [0.25, 0.3) is 0 Å². The topological polar surface area (TPSA) is 29.9 Å². The van der Waals surface area contributed by atoms with Gasteiger partial charge in [0.25, 0.3) is 0 Å². The smallest absolute Gasteiger partial charge is 0.0738 e. The lowest BCUT2D eigenvalue weighted by molar-refractivity contribution is 0.512. The fourth-order valence-electron chi connectivity index (χ4n) is 2.23. The van der Waals surface area contributed by atoms with Gasteiger partial charge in [0, 0.05) is 19.5 Å². The number of nitrogens with zero attached hydrogens (tertiary/aromatic N) is 2. The molecule has 2 aromatic heterocycles. The molecule has 110 valence electrons. The Hall–Kier alpha value is 0.0800. The summed E-state index contributed by atoms with van der Waals surface area (Å²) in [4.78, 5) is 0. The van der Waals surface area contributed by atoms with Crippen molar-refractivity contribution in [1.82, 2.24) is 15.1 Å². The van der Waals surface area contributed by atoms with Gasteiger partial charge in [-0.3, -0.25) is 4.68 Å². The van der Waals surface area contributed by atoms with Gasteiger partial charge in [-0.05, 0) is 75.4 Å². The van der Waals surface area contributed by atoms with E-state index >= 15 is 0 Å². The van der Waals surface area contributed by atoms with Crippen molar-refractivity contribution in [3.63, 3.8) is 0 Å². The number of nitrogens with one attached hydrogen (secondary N) is 1. The minimum Gasteiger partial charge on any atom is -0.310 e. The molecule has 6 heteroatoms. The molecule has 0 saturated carbocycles. The minimum absolute atomic E-state index is 0.348. The van der Waals surface area contributed by atoms with Crippen LogP contribution in [0.2, 0.25) is 0 Å². The third-order valence-electron chi connectivity index (χ3n) is 3.29. The van der Waals surface area contributed by atoms with Gasteiger partial charge in [0.15, 0.2) is 0 Å². The van der Waals surface area contributed by atoms with Crippen LogP contribution in [0.5, 0.6) is 0 Å². The van der Waals surface area contributed by atoms with Gasteiger partial charge in [0.1, 0.15) is 0 Å². The number of halogens is 2. The minimum atomic E-state index is 0.348. The van der Waals surface area contributed by atoms with Gasteiger partial charge in [0.2, 0.25) is 0 Å². The summed E-state index contributed by atoms with van der Waals surface area (Å²) in [6.07, 6.45) is 2.09. The molecule has 2 aromatic rings. The molecule has 1 atom stereocenters. The van der Waals surface area contributed by atoms with Crippen molar-refractivity contribution in [3.8, 4) is 0 Å². The maximum absolute atomic E-state index is 4.49. The Morgan fingerprint density at radius 2 is 2.30 bits per heavy atom. The Bertz CT molecular complexity index is 579. The summed E-state index contributed by atoms with van der Waals surface area (Å²) in [5, 5.41) is 10.4. The predicted octanol–water partition coefficient (Wildman–Crippen LogP) is 4.44. The van der Waals surface area contributed by atoms with Crippen molar-refractivity contribution in [3.05, 3.63) is 35.8 Å². The molecule has 2 rings (SSSR count). The Labute approximate surface area is 146 Å². The van der Waals surface area contributed by atoms with Gasteiger partial charge in [-0.1, -0.05) is 6.92 Å². The number of aryl methyl sites for hydroxylation is 2. The standard InChI is InChI=1S/C14H19BrIN3S/c1-4-5-17-11(10-6-13(16)20-8-10)7-12-14(15)9(2)18-19(12)3/h6,8,11,17H,4-5,7H2,1-3H3. The van der Waals surface area contributed by atoms with Crippen LogP contribution in [0.3, 0.4) is 0 Å². The van der Waals surface area contributed by atoms with Crippen molar-refractivity contribution < 1.29 is 0 Å². The van der Waals surface area contributed by atoms with Gasteiger partial charge >= 0.3 is 0 Å². The van der Waals surface area contributed by atoms with Gasteiger partial charge in [-0.15, -0.1) is 11.3 Å². The maximum Gasteiger partial charge on any atom is 0.0738 e. The highest BCUT2D eigenvalue weighted by molar-refractivity contribution is 14.1. The Morgan fingerprint density at radius 1 is 1.55 bits per heavy atom. The first-order chi connectivity index (χ1) is 9.52. The summed E-state index contributed by atoms with van der Waals surface area (Å²) in [6, 6.07) is 2.62. The predicted molar refractivity (Wildman–Crippen MR) is 97.4 cm³/mol. The molecule has 0 aromatic carbocycles. The van der Waals surface area contributed by atoms with Crippen LogP contribution in [0.15, 0.2) is 15.9 Å². The first-order valence-corrected chi connectivity index (χ1v) is 9.43. The molecule has 0 bridgehead atoms. The molecule has 0 aliphatic heterocycles. The Kier molecular flexibility index (Phi) is 6.07. The molecule has 0 radical (unpaired) electrons. The zero-order valence-electron chi connectivity index (χ0n) is 11.9. The Balaban J connectivity index is 2.23. The largest absolute Gasteiger partial charge is 0.310 e. The third kappa shape index (κ3) is 3.84. The van der Waals surface area contributed by atoms with E-state index in [0.29, 0.717) is 6.04 Å². The van der Waals surface area contributed by atoms with Crippen LogP contribution in [-0.4, -0.2) is 16.3 Å². The van der Waals surface area contributed by atoms with E-state index in [4.69, 9.17) is 0 Å². The molecule has 3 nitrogen and oxygen atoms in total. The van der Waals surface area contributed by atoms with Crippen molar-refractivity contribution >= 4 is 49.9 Å². The van der Waals surface area contributed by atoms with E-state index < -0.39 is 0 Å². The lowest BCUT2D eigenvalue weighted by Gasteiger charge is -2.18. The molecule has 0 saturated heterocycles. The highest BCUT2D eigenvalue weighted by Crippen LogP contribution is 2.28. The fraction of sp³-hybridized carbons (Fsp3) is 0.500. The van der Waals surface area contributed by atoms with E-state index in [1.165, 1.54) is 14.1 Å². The molecule has 0 aliphatic rings. The molecule has 1 unspecified atom stereocenters. The molecule has 0 spiro atoms. The van der Waals surface area contributed by atoms with Crippen molar-refractivity contribution in [2.24, 2.45) is 7.05 Å². The van der Waals surface area contributed by atoms with E-state index in [1.54, 1.807) is 11.3 Å². The summed E-state index contributed by atoms with van der Waals surface area (Å²) in [7, 11) is 2.02. The van der Waals surface area contributed by atoms with Crippen LogP contribution < -0.4 is 5.32 Å². The highest BCUT2D eigenvalue weighted by atomic mass is 127. The van der Waals surface area contributed by atoms with E-state index in [-0.39, 0.29) is 0 Å². The molecule has 0 amide bonds. The van der Waals surface area contributed by atoms with Gasteiger partial charge in [-0.25, -0.2) is 0 Å². The third-order valence-corrected chi connectivity index (χ3v) is 6.13. The zero-order valence-corrected chi connectivity index (χ0v) is 16.5. The maximum atomic E-state index is 4.49. The van der Waals surface area contributed by atoms with E-state index in [9.17, 15) is 0 Å². The zero-order chi connectivity index (χ0) is 14.7. The van der Waals surface area contributed by atoms with Crippen LogP contribution in [-0.2, 0) is 13.5 Å². The molecular weight excluding hydrogens is 449 g/mol. The molecule has 2 heterocycles. The van der Waals surface area contributed by atoms with Crippen molar-refractivity contribution in [1.29, 1.82) is 0 Å². The average molecular weight is 468 g/mol. The molecule has 0 aliphatic carbocycles. The van der Waals surface area contributed by atoms with E-state index in [1.807, 2.05) is 18.7 Å². The number of hydrogen-bond acceptors (Lipinski definition) is 3. The molecule has 1 N–H and O–H groups in total. The van der Waals surface area contributed by atoms with Crippen molar-refractivity contribution in [2.45, 2.75) is 32.7 Å². The van der Waals surface area contributed by atoms with Crippen LogP contribution in [0, 0.1) is 9.81 Å². The average Bonchev–Trinajstić information content (AvgIpc) is 2.93. The normalized spacial score (nSPS) is 12.8. The quantitative estimate of drug-likeness (QED) is 0.636. The number of thiophene rings is 1.